The van der Waals surface area contributed by atoms with Crippen molar-refractivity contribution < 1.29 is 4.79 Å². The summed E-state index contributed by atoms with van der Waals surface area (Å²) in [6, 6.07) is 1.40. The second-order valence-electron chi connectivity index (χ2n) is 3.54. The lowest BCUT2D eigenvalue weighted by Crippen LogP contribution is -2.30. The quantitative estimate of drug-likeness (QED) is 0.765. The van der Waals surface area contributed by atoms with Crippen molar-refractivity contribution in [1.82, 2.24) is 35.7 Å². The first-order valence-electron chi connectivity index (χ1n) is 5.24. The Kier molecular flexibility index (Phi) is 3.12. The Morgan fingerprint density at radius 2 is 2.47 bits per heavy atom. The Hall–Kier alpha value is -2.25. The van der Waals surface area contributed by atoms with Crippen LogP contribution in [-0.4, -0.2) is 36.3 Å². The minimum absolute atomic E-state index is 0.207. The molecule has 1 amide bonds. The Morgan fingerprint density at radius 3 is 3.00 bits per heavy atom. The third kappa shape index (κ3) is 2.30. The smallest absolute Gasteiger partial charge is 0.270 e. The lowest BCUT2D eigenvalue weighted by Gasteiger charge is -2.12. The number of hydrogen-bond donors (Lipinski definition) is 2. The van der Waals surface area contributed by atoms with Crippen molar-refractivity contribution in [3.63, 3.8) is 0 Å². The van der Waals surface area contributed by atoms with E-state index in [2.05, 4.69) is 31.0 Å². The number of carbonyl (C=O) groups is 1. The van der Waals surface area contributed by atoms with E-state index in [0.717, 1.165) is 0 Å². The average molecular weight is 235 g/mol. The highest BCUT2D eigenvalue weighted by Crippen LogP contribution is 2.11. The van der Waals surface area contributed by atoms with Crippen molar-refractivity contribution in [2.24, 2.45) is 7.05 Å². The molecular weight excluding hydrogens is 222 g/mol. The summed E-state index contributed by atoms with van der Waals surface area (Å²) in [6.45, 7) is 1.94. The number of aromatic amines is 1. The van der Waals surface area contributed by atoms with E-state index < -0.39 is 0 Å². The average Bonchev–Trinajstić information content (AvgIpc) is 2.96. The lowest BCUT2D eigenvalue weighted by molar-refractivity contribution is 0.0924. The molecule has 0 aliphatic heterocycles. The van der Waals surface area contributed by atoms with Crippen molar-refractivity contribution in [2.75, 3.05) is 0 Å². The Labute approximate surface area is 97.4 Å². The van der Waals surface area contributed by atoms with Crippen molar-refractivity contribution in [3.8, 4) is 0 Å². The zero-order valence-electron chi connectivity index (χ0n) is 9.58. The minimum atomic E-state index is -0.254. The van der Waals surface area contributed by atoms with E-state index in [-0.39, 0.29) is 11.9 Å². The molecular formula is C9H13N7O. The van der Waals surface area contributed by atoms with Crippen molar-refractivity contribution in [3.05, 3.63) is 23.8 Å². The molecule has 0 aromatic carbocycles. The number of hydrogen-bond acceptors (Lipinski definition) is 5. The Morgan fingerprint density at radius 1 is 1.65 bits per heavy atom. The van der Waals surface area contributed by atoms with Gasteiger partial charge in [0, 0.05) is 13.2 Å². The summed E-state index contributed by atoms with van der Waals surface area (Å²) in [7, 11) is 1.71. The number of rotatable bonds is 4. The van der Waals surface area contributed by atoms with Crippen LogP contribution in [0, 0.1) is 0 Å². The number of tetrazole rings is 1. The van der Waals surface area contributed by atoms with Gasteiger partial charge in [0.1, 0.15) is 5.69 Å². The summed E-state index contributed by atoms with van der Waals surface area (Å²) in [5.74, 6) is 0.268. The summed E-state index contributed by atoms with van der Waals surface area (Å²) in [4.78, 5) is 11.9. The number of aryl methyl sites for hydroxylation is 1. The van der Waals surface area contributed by atoms with Crippen molar-refractivity contribution in [2.45, 2.75) is 19.4 Å². The monoisotopic (exact) mass is 235 g/mol. The Balaban J connectivity index is 2.10. The molecule has 0 radical (unpaired) electrons. The molecule has 2 heterocycles. The number of nitrogens with zero attached hydrogens (tertiary/aromatic N) is 5. The van der Waals surface area contributed by atoms with Crippen LogP contribution in [0.3, 0.4) is 0 Å². The highest BCUT2D eigenvalue weighted by atomic mass is 16.2. The van der Waals surface area contributed by atoms with Gasteiger partial charge in [-0.15, -0.1) is 10.2 Å². The first-order chi connectivity index (χ1) is 8.22. The van der Waals surface area contributed by atoms with Crippen LogP contribution in [0.1, 0.15) is 35.7 Å². The normalized spacial score (nSPS) is 12.4. The van der Waals surface area contributed by atoms with Crippen LogP contribution in [0.4, 0.5) is 0 Å². The molecule has 8 heteroatoms. The maximum atomic E-state index is 11.9. The first kappa shape index (κ1) is 11.2. The van der Waals surface area contributed by atoms with E-state index in [1.165, 1.54) is 4.68 Å². The van der Waals surface area contributed by atoms with Crippen molar-refractivity contribution in [1.29, 1.82) is 0 Å². The Bertz CT molecular complexity index is 489. The highest BCUT2D eigenvalue weighted by molar-refractivity contribution is 5.92. The van der Waals surface area contributed by atoms with Gasteiger partial charge in [-0.05, 0) is 12.5 Å². The van der Waals surface area contributed by atoms with E-state index in [9.17, 15) is 4.79 Å². The maximum Gasteiger partial charge on any atom is 0.270 e. The molecule has 1 atom stereocenters. The molecule has 0 saturated heterocycles. The van der Waals surface area contributed by atoms with Gasteiger partial charge in [0.15, 0.2) is 5.82 Å². The molecule has 2 aromatic rings. The van der Waals surface area contributed by atoms with Gasteiger partial charge in [-0.2, -0.15) is 10.3 Å². The van der Waals surface area contributed by atoms with Crippen LogP contribution >= 0.6 is 0 Å². The highest BCUT2D eigenvalue weighted by Gasteiger charge is 2.19. The minimum Gasteiger partial charge on any atom is -0.341 e. The molecule has 90 valence electrons. The molecule has 0 spiro atoms. The van der Waals surface area contributed by atoms with Crippen LogP contribution < -0.4 is 5.32 Å². The van der Waals surface area contributed by atoms with Crippen LogP contribution in [0.25, 0.3) is 0 Å². The predicted molar refractivity (Wildman–Crippen MR) is 57.9 cm³/mol. The van der Waals surface area contributed by atoms with Gasteiger partial charge in [0.25, 0.3) is 5.91 Å². The van der Waals surface area contributed by atoms with E-state index in [4.69, 9.17) is 0 Å². The molecule has 0 saturated carbocycles. The van der Waals surface area contributed by atoms with Gasteiger partial charge in [0.05, 0.1) is 6.04 Å². The summed E-state index contributed by atoms with van der Waals surface area (Å²) in [6.07, 6.45) is 2.26. The van der Waals surface area contributed by atoms with Gasteiger partial charge in [0.2, 0.25) is 0 Å². The zero-order valence-corrected chi connectivity index (χ0v) is 9.58. The largest absolute Gasteiger partial charge is 0.341 e. The van der Waals surface area contributed by atoms with E-state index >= 15 is 0 Å². The number of amides is 1. The summed E-state index contributed by atoms with van der Waals surface area (Å²) < 4.78 is 1.51. The fourth-order valence-corrected chi connectivity index (χ4v) is 1.50. The standard InChI is InChI=1S/C9H13N7O/c1-3-6(8-12-14-15-13-8)11-9(17)7-4-5-10-16(7)2/h4-6H,3H2,1-2H3,(H,11,17)(H,12,13,14,15)/t6-/m0/s1. The SMILES string of the molecule is CC[C@H](NC(=O)c1ccnn1C)c1nn[nH]n1. The molecule has 0 aliphatic rings. The lowest BCUT2D eigenvalue weighted by atomic mass is 10.2. The number of H-pyrrole nitrogens is 1. The fraction of sp³-hybridized carbons (Fsp3) is 0.444. The third-order valence-corrected chi connectivity index (χ3v) is 2.44. The van der Waals surface area contributed by atoms with Crippen LogP contribution in [-0.2, 0) is 7.05 Å². The molecule has 0 unspecified atom stereocenters. The van der Waals surface area contributed by atoms with E-state index in [1.54, 1.807) is 19.3 Å². The van der Waals surface area contributed by atoms with Gasteiger partial charge < -0.3 is 5.32 Å². The van der Waals surface area contributed by atoms with Gasteiger partial charge >= 0.3 is 0 Å². The molecule has 17 heavy (non-hydrogen) atoms. The van der Waals surface area contributed by atoms with Gasteiger partial charge in [-0.25, -0.2) is 0 Å². The second-order valence-corrected chi connectivity index (χ2v) is 3.54. The molecule has 2 rings (SSSR count). The summed E-state index contributed by atoms with van der Waals surface area (Å²) >= 11 is 0. The van der Waals surface area contributed by atoms with Crippen LogP contribution in [0.2, 0.25) is 0 Å². The predicted octanol–water partition coefficient (Wildman–Crippen LogP) is -0.186. The van der Waals surface area contributed by atoms with Gasteiger partial charge in [-0.3, -0.25) is 9.48 Å². The molecule has 2 N–H and O–H groups in total. The second kappa shape index (κ2) is 4.73. The molecule has 0 bridgehead atoms. The number of carbonyl (C=O) groups excluding carboxylic acids is 1. The molecule has 2 aromatic heterocycles. The van der Waals surface area contributed by atoms with E-state index in [1.807, 2.05) is 6.92 Å². The topological polar surface area (TPSA) is 101 Å². The van der Waals surface area contributed by atoms with Crippen LogP contribution in [0.5, 0.6) is 0 Å². The maximum absolute atomic E-state index is 11.9. The van der Waals surface area contributed by atoms with E-state index in [0.29, 0.717) is 17.9 Å². The third-order valence-electron chi connectivity index (χ3n) is 2.44. The van der Waals surface area contributed by atoms with Gasteiger partial charge in [-0.1, -0.05) is 12.1 Å². The zero-order chi connectivity index (χ0) is 12.3. The molecule has 8 nitrogen and oxygen atoms in total. The van der Waals surface area contributed by atoms with Crippen molar-refractivity contribution >= 4 is 5.91 Å². The number of aromatic nitrogens is 6. The summed E-state index contributed by atoms with van der Waals surface area (Å²) in [5.41, 5.74) is 0.493. The first-order valence-corrected chi connectivity index (χ1v) is 5.24. The fourth-order valence-electron chi connectivity index (χ4n) is 1.50. The molecule has 0 aliphatic carbocycles. The number of nitrogens with one attached hydrogen (secondary N) is 2. The van der Waals surface area contributed by atoms with Crippen LogP contribution in [0.15, 0.2) is 12.3 Å². The molecule has 0 fully saturated rings. The summed E-state index contributed by atoms with van der Waals surface area (Å²) in [5, 5.41) is 20.3.